The number of hydrogen-bond donors (Lipinski definition) is 4. The van der Waals surface area contributed by atoms with E-state index in [1.807, 2.05) is 45.0 Å². The first kappa shape index (κ1) is 21.3. The molecule has 31 heavy (non-hydrogen) atoms. The number of hydrogen-bond acceptors (Lipinski definition) is 4. The second kappa shape index (κ2) is 7.35. The van der Waals surface area contributed by atoms with Crippen LogP contribution in [0.5, 0.6) is 0 Å². The number of para-hydroxylation sites is 1. The highest BCUT2D eigenvalue weighted by atomic mass is 16.6. The van der Waals surface area contributed by atoms with E-state index in [1.54, 1.807) is 13.0 Å². The summed E-state index contributed by atoms with van der Waals surface area (Å²) < 4.78 is 5.70. The van der Waals surface area contributed by atoms with Crippen LogP contribution in [0.25, 0.3) is 17.0 Å². The molecule has 0 spiro atoms. The van der Waals surface area contributed by atoms with Crippen LogP contribution in [0, 0.1) is 0 Å². The SMILES string of the molecule is C=CC(C)(C)c1[nH]c2c(C[C@H]3O[C@]3(C)CO)cccc2c1/C=C1\NC(=O)[C@H](C)NC1=O. The Morgan fingerprint density at radius 2 is 2.06 bits per heavy atom. The summed E-state index contributed by atoms with van der Waals surface area (Å²) in [5, 5.41) is 15.9. The largest absolute Gasteiger partial charge is 0.393 e. The first-order valence-corrected chi connectivity index (χ1v) is 10.5. The number of carbonyl (C=O) groups excluding carboxylic acids is 2. The fourth-order valence-electron chi connectivity index (χ4n) is 4.00. The number of aromatic amines is 1. The number of amides is 2. The number of aromatic nitrogens is 1. The quantitative estimate of drug-likeness (QED) is 0.325. The van der Waals surface area contributed by atoms with E-state index in [0.29, 0.717) is 6.42 Å². The summed E-state index contributed by atoms with van der Waals surface area (Å²) in [4.78, 5) is 28.2. The molecule has 164 valence electrons. The Bertz CT molecular complexity index is 1110. The van der Waals surface area contributed by atoms with Crippen LogP contribution in [-0.2, 0) is 26.2 Å². The van der Waals surface area contributed by atoms with Gasteiger partial charge in [-0.1, -0.05) is 38.1 Å². The topological polar surface area (TPSA) is 107 Å². The van der Waals surface area contributed by atoms with Gasteiger partial charge >= 0.3 is 0 Å². The first-order chi connectivity index (χ1) is 14.6. The Morgan fingerprint density at radius 3 is 2.71 bits per heavy atom. The number of carbonyl (C=O) groups is 2. The molecule has 0 saturated carbocycles. The molecular formula is C24H29N3O4. The lowest BCUT2D eigenvalue weighted by Crippen LogP contribution is -2.53. The summed E-state index contributed by atoms with van der Waals surface area (Å²) in [6, 6.07) is 5.44. The minimum atomic E-state index is -0.567. The lowest BCUT2D eigenvalue weighted by molar-refractivity contribution is -0.130. The number of aliphatic hydroxyl groups excluding tert-OH is 1. The second-order valence-electron chi connectivity index (χ2n) is 9.20. The van der Waals surface area contributed by atoms with Crippen LogP contribution in [0.2, 0.25) is 0 Å². The van der Waals surface area contributed by atoms with Gasteiger partial charge in [-0.25, -0.2) is 0 Å². The van der Waals surface area contributed by atoms with Crippen molar-refractivity contribution in [1.82, 2.24) is 15.6 Å². The summed E-state index contributed by atoms with van der Waals surface area (Å²) in [6.07, 6.45) is 4.20. The van der Waals surface area contributed by atoms with Crippen molar-refractivity contribution in [2.24, 2.45) is 0 Å². The molecule has 2 aliphatic heterocycles. The lowest BCUT2D eigenvalue weighted by atomic mass is 9.86. The third kappa shape index (κ3) is 3.68. The van der Waals surface area contributed by atoms with E-state index >= 15 is 0 Å². The summed E-state index contributed by atoms with van der Waals surface area (Å²) in [6.45, 7) is 11.6. The fourth-order valence-corrected chi connectivity index (χ4v) is 4.00. The van der Waals surface area contributed by atoms with Gasteiger partial charge in [-0.15, -0.1) is 6.58 Å². The highest BCUT2D eigenvalue weighted by Gasteiger charge is 2.51. The van der Waals surface area contributed by atoms with E-state index in [9.17, 15) is 14.7 Å². The maximum absolute atomic E-state index is 12.5. The molecule has 1 aromatic heterocycles. The van der Waals surface area contributed by atoms with Crippen molar-refractivity contribution in [3.05, 3.63) is 53.4 Å². The van der Waals surface area contributed by atoms with E-state index in [2.05, 4.69) is 22.2 Å². The smallest absolute Gasteiger partial charge is 0.268 e. The molecule has 0 bridgehead atoms. The van der Waals surface area contributed by atoms with Crippen molar-refractivity contribution in [2.75, 3.05) is 6.61 Å². The van der Waals surface area contributed by atoms with Gasteiger partial charge in [-0.05, 0) is 25.5 Å². The highest BCUT2D eigenvalue weighted by Crippen LogP contribution is 2.40. The molecule has 4 N–H and O–H groups in total. The average molecular weight is 424 g/mol. The molecule has 3 atom stereocenters. The normalized spacial score (nSPS) is 27.3. The molecule has 1 aromatic carbocycles. The number of ether oxygens (including phenoxy) is 1. The zero-order valence-corrected chi connectivity index (χ0v) is 18.3. The van der Waals surface area contributed by atoms with Gasteiger partial charge in [0.15, 0.2) is 0 Å². The number of fused-ring (bicyclic) bond motifs is 1. The molecule has 2 aliphatic rings. The van der Waals surface area contributed by atoms with E-state index < -0.39 is 17.1 Å². The second-order valence-corrected chi connectivity index (χ2v) is 9.20. The molecule has 2 amide bonds. The van der Waals surface area contributed by atoms with Crippen LogP contribution in [0.1, 0.15) is 44.5 Å². The summed E-state index contributed by atoms with van der Waals surface area (Å²) in [5.41, 5.74) is 3.07. The van der Waals surface area contributed by atoms with Gasteiger partial charge in [0.05, 0.1) is 12.7 Å². The predicted octanol–water partition coefficient (Wildman–Crippen LogP) is 2.30. The maximum atomic E-state index is 12.5. The minimum Gasteiger partial charge on any atom is -0.393 e. The molecule has 3 heterocycles. The van der Waals surface area contributed by atoms with Crippen LogP contribution in [-0.4, -0.2) is 46.3 Å². The molecule has 7 heteroatoms. The van der Waals surface area contributed by atoms with Gasteiger partial charge in [0.2, 0.25) is 5.91 Å². The van der Waals surface area contributed by atoms with Crippen LogP contribution in [0.15, 0.2) is 36.6 Å². The van der Waals surface area contributed by atoms with Crippen LogP contribution >= 0.6 is 0 Å². The molecule has 2 fully saturated rings. The molecular weight excluding hydrogens is 394 g/mol. The standard InChI is InChI=1S/C24H29N3O4/c1-6-23(3,4)20-16(11-17-22(30)25-13(2)21(29)26-17)15-9-7-8-14(19(15)27-20)10-18-24(5,12-28)31-18/h6-9,11,13,18,27-28H,1,10,12H2,2-5H3,(H,25,30)(H,26,29)/b17-11-/t13-,18+,24+/m0/s1. The number of allylic oxidation sites excluding steroid dienone is 1. The van der Waals surface area contributed by atoms with Crippen molar-refractivity contribution >= 4 is 28.8 Å². The Labute approximate surface area is 181 Å². The molecule has 4 rings (SSSR count). The third-order valence-electron chi connectivity index (χ3n) is 6.40. The number of benzene rings is 1. The van der Waals surface area contributed by atoms with E-state index in [1.165, 1.54) is 0 Å². The van der Waals surface area contributed by atoms with Gasteiger partial charge in [-0.3, -0.25) is 9.59 Å². The van der Waals surface area contributed by atoms with Gasteiger partial charge in [-0.2, -0.15) is 0 Å². The summed E-state index contributed by atoms with van der Waals surface area (Å²) >= 11 is 0. The first-order valence-electron chi connectivity index (χ1n) is 10.5. The lowest BCUT2D eigenvalue weighted by Gasteiger charge is -2.23. The zero-order chi connectivity index (χ0) is 22.6. The molecule has 2 saturated heterocycles. The van der Waals surface area contributed by atoms with Gasteiger partial charge in [0, 0.05) is 34.0 Å². The third-order valence-corrected chi connectivity index (χ3v) is 6.40. The monoisotopic (exact) mass is 423 g/mol. The minimum absolute atomic E-state index is 0.0162. The molecule has 2 aromatic rings. The Hall–Kier alpha value is -2.90. The average Bonchev–Trinajstić information content (AvgIpc) is 3.22. The van der Waals surface area contributed by atoms with Crippen molar-refractivity contribution in [3.63, 3.8) is 0 Å². The molecule has 0 aliphatic carbocycles. The summed E-state index contributed by atoms with van der Waals surface area (Å²) in [7, 11) is 0. The predicted molar refractivity (Wildman–Crippen MR) is 119 cm³/mol. The van der Waals surface area contributed by atoms with E-state index in [0.717, 1.165) is 27.7 Å². The number of rotatable bonds is 6. The number of epoxide rings is 1. The number of H-pyrrole nitrogens is 1. The number of piperazine rings is 1. The zero-order valence-electron chi connectivity index (χ0n) is 18.3. The van der Waals surface area contributed by atoms with Gasteiger partial charge in [0.25, 0.3) is 5.91 Å². The Kier molecular flexibility index (Phi) is 5.06. The Balaban J connectivity index is 1.84. The van der Waals surface area contributed by atoms with Crippen LogP contribution in [0.4, 0.5) is 0 Å². The van der Waals surface area contributed by atoms with Crippen LogP contribution < -0.4 is 10.6 Å². The number of nitrogens with one attached hydrogen (secondary N) is 3. The van der Waals surface area contributed by atoms with E-state index in [-0.39, 0.29) is 30.2 Å². The van der Waals surface area contributed by atoms with Gasteiger partial charge in [0.1, 0.15) is 17.3 Å². The fraction of sp³-hybridized carbons (Fsp3) is 0.417. The van der Waals surface area contributed by atoms with Gasteiger partial charge < -0.3 is 25.5 Å². The van der Waals surface area contributed by atoms with Crippen molar-refractivity contribution in [3.8, 4) is 0 Å². The number of aliphatic hydroxyl groups is 1. The van der Waals surface area contributed by atoms with Crippen molar-refractivity contribution in [1.29, 1.82) is 0 Å². The Morgan fingerprint density at radius 1 is 1.32 bits per heavy atom. The maximum Gasteiger partial charge on any atom is 0.268 e. The highest BCUT2D eigenvalue weighted by molar-refractivity contribution is 6.08. The van der Waals surface area contributed by atoms with E-state index in [4.69, 9.17) is 4.74 Å². The van der Waals surface area contributed by atoms with Crippen molar-refractivity contribution in [2.45, 2.75) is 57.3 Å². The molecule has 0 unspecified atom stereocenters. The summed E-state index contributed by atoms with van der Waals surface area (Å²) in [5.74, 6) is -0.560. The molecule has 7 nitrogen and oxygen atoms in total. The van der Waals surface area contributed by atoms with Crippen molar-refractivity contribution < 1.29 is 19.4 Å². The van der Waals surface area contributed by atoms with Crippen LogP contribution in [0.3, 0.4) is 0 Å². The molecule has 0 radical (unpaired) electrons.